The van der Waals surface area contributed by atoms with E-state index in [9.17, 15) is 18.0 Å². The number of halogens is 3. The zero-order valence-corrected chi connectivity index (χ0v) is 7.69. The van der Waals surface area contributed by atoms with Crippen molar-refractivity contribution in [1.29, 1.82) is 0 Å². The molecule has 1 heterocycles. The molecule has 0 amide bonds. The van der Waals surface area contributed by atoms with E-state index in [-0.39, 0.29) is 5.69 Å². The van der Waals surface area contributed by atoms with Gasteiger partial charge in [0.2, 0.25) is 0 Å². The van der Waals surface area contributed by atoms with Gasteiger partial charge in [-0.05, 0) is 0 Å². The molecule has 0 N–H and O–H groups in total. The Balaban J connectivity index is 2.58. The molecule has 7 heteroatoms. The predicted molar refractivity (Wildman–Crippen MR) is 46.6 cm³/mol. The lowest BCUT2D eigenvalue weighted by atomic mass is 10.3. The molecule has 2 rings (SSSR count). The second-order valence-electron chi connectivity index (χ2n) is 2.93. The number of carbonyl (C=O) groups excluding carboxylic acids is 1. The molecule has 0 fully saturated rings. The Bertz CT molecular complexity index is 553. The lowest BCUT2D eigenvalue weighted by Crippen LogP contribution is -2.02. The highest BCUT2D eigenvalue weighted by Gasteiger charge is 2.14. The fourth-order valence-electron chi connectivity index (χ4n) is 1.16. The highest BCUT2D eigenvalue weighted by molar-refractivity contribution is 5.70. The summed E-state index contributed by atoms with van der Waals surface area (Å²) in [5, 5.41) is 6.71. The van der Waals surface area contributed by atoms with Gasteiger partial charge in [-0.25, -0.2) is 17.9 Å². The third-order valence-electron chi connectivity index (χ3n) is 1.85. The molecule has 0 aliphatic rings. The van der Waals surface area contributed by atoms with Crippen LogP contribution in [0.4, 0.5) is 13.2 Å². The number of benzene rings is 1. The molecule has 0 spiro atoms. The Morgan fingerprint density at radius 3 is 2.62 bits per heavy atom. The standard InChI is InChI=1S/C9H4F3N3O/c10-5-1-7(11)9(12)8(2-5)15-3-6(4-16)13-14-15/h1-4H. The largest absolute Gasteiger partial charge is 0.296 e. The van der Waals surface area contributed by atoms with Gasteiger partial charge in [-0.1, -0.05) is 5.21 Å². The van der Waals surface area contributed by atoms with Crippen molar-refractivity contribution in [2.45, 2.75) is 0 Å². The molecule has 82 valence electrons. The number of carbonyl (C=O) groups is 1. The molecule has 0 radical (unpaired) electrons. The van der Waals surface area contributed by atoms with Gasteiger partial charge in [0, 0.05) is 12.1 Å². The summed E-state index contributed by atoms with van der Waals surface area (Å²) in [5.41, 5.74) is -0.512. The molecule has 0 aliphatic heterocycles. The van der Waals surface area contributed by atoms with Crippen molar-refractivity contribution in [2.75, 3.05) is 0 Å². The van der Waals surface area contributed by atoms with E-state index in [0.29, 0.717) is 12.4 Å². The maximum atomic E-state index is 13.3. The third kappa shape index (κ3) is 1.67. The van der Waals surface area contributed by atoms with E-state index in [0.717, 1.165) is 16.9 Å². The minimum Gasteiger partial charge on any atom is -0.296 e. The van der Waals surface area contributed by atoms with Gasteiger partial charge in [0.05, 0.1) is 6.20 Å². The van der Waals surface area contributed by atoms with E-state index in [1.165, 1.54) is 0 Å². The fraction of sp³-hybridized carbons (Fsp3) is 0. The molecule has 0 saturated heterocycles. The normalized spacial score (nSPS) is 10.4. The number of hydrogen-bond donors (Lipinski definition) is 0. The van der Waals surface area contributed by atoms with Crippen LogP contribution in [-0.4, -0.2) is 21.3 Å². The number of nitrogens with zero attached hydrogens (tertiary/aromatic N) is 3. The van der Waals surface area contributed by atoms with Crippen LogP contribution in [0.2, 0.25) is 0 Å². The van der Waals surface area contributed by atoms with Gasteiger partial charge in [0.15, 0.2) is 17.9 Å². The van der Waals surface area contributed by atoms with Gasteiger partial charge >= 0.3 is 0 Å². The van der Waals surface area contributed by atoms with Crippen molar-refractivity contribution in [1.82, 2.24) is 15.0 Å². The summed E-state index contributed by atoms with van der Waals surface area (Å²) in [6.07, 6.45) is 1.45. The van der Waals surface area contributed by atoms with Crippen molar-refractivity contribution >= 4 is 6.29 Å². The maximum absolute atomic E-state index is 13.3. The average molecular weight is 227 g/mol. The number of aldehydes is 1. The smallest absolute Gasteiger partial charge is 0.184 e. The summed E-state index contributed by atoms with van der Waals surface area (Å²) >= 11 is 0. The number of aromatic nitrogens is 3. The van der Waals surface area contributed by atoms with Crippen molar-refractivity contribution in [3.63, 3.8) is 0 Å². The first-order chi connectivity index (χ1) is 7.61. The van der Waals surface area contributed by atoms with Crippen LogP contribution in [-0.2, 0) is 0 Å². The van der Waals surface area contributed by atoms with E-state index in [1.54, 1.807) is 0 Å². The molecule has 0 aliphatic carbocycles. The van der Waals surface area contributed by atoms with E-state index in [2.05, 4.69) is 10.3 Å². The Labute approximate surface area is 87.3 Å². The lowest BCUT2D eigenvalue weighted by molar-refractivity contribution is 0.111. The topological polar surface area (TPSA) is 47.8 Å². The predicted octanol–water partition coefficient (Wildman–Crippen LogP) is 1.50. The zero-order chi connectivity index (χ0) is 11.7. The molecule has 1 aromatic heterocycles. The van der Waals surface area contributed by atoms with Crippen LogP contribution >= 0.6 is 0 Å². The quantitative estimate of drug-likeness (QED) is 0.577. The molecule has 4 nitrogen and oxygen atoms in total. The first-order valence-electron chi connectivity index (χ1n) is 4.14. The second kappa shape index (κ2) is 3.76. The van der Waals surface area contributed by atoms with Crippen molar-refractivity contribution in [3.05, 3.63) is 41.5 Å². The minimum atomic E-state index is -1.34. The molecular weight excluding hydrogens is 223 g/mol. The van der Waals surface area contributed by atoms with Crippen LogP contribution < -0.4 is 0 Å². The van der Waals surface area contributed by atoms with E-state index in [4.69, 9.17) is 0 Å². The van der Waals surface area contributed by atoms with Crippen LogP contribution in [0.5, 0.6) is 0 Å². The van der Waals surface area contributed by atoms with Gasteiger partial charge in [-0.3, -0.25) is 4.79 Å². The van der Waals surface area contributed by atoms with Gasteiger partial charge < -0.3 is 0 Å². The fourth-order valence-corrected chi connectivity index (χ4v) is 1.16. The third-order valence-corrected chi connectivity index (χ3v) is 1.85. The molecule has 2 aromatic rings. The van der Waals surface area contributed by atoms with Crippen LogP contribution in [0.3, 0.4) is 0 Å². The Morgan fingerprint density at radius 2 is 2.00 bits per heavy atom. The molecule has 16 heavy (non-hydrogen) atoms. The Kier molecular flexibility index (Phi) is 2.43. The molecule has 0 atom stereocenters. The van der Waals surface area contributed by atoms with E-state index < -0.39 is 23.1 Å². The highest BCUT2D eigenvalue weighted by atomic mass is 19.2. The van der Waals surface area contributed by atoms with Gasteiger partial charge in [-0.2, -0.15) is 0 Å². The second-order valence-corrected chi connectivity index (χ2v) is 2.93. The molecule has 1 aromatic carbocycles. The maximum Gasteiger partial charge on any atom is 0.184 e. The summed E-state index contributed by atoms with van der Waals surface area (Å²) in [6.45, 7) is 0. The number of hydrogen-bond acceptors (Lipinski definition) is 3. The first-order valence-corrected chi connectivity index (χ1v) is 4.14. The Morgan fingerprint density at radius 1 is 1.25 bits per heavy atom. The molecule has 0 bridgehead atoms. The van der Waals surface area contributed by atoms with Crippen LogP contribution in [0.25, 0.3) is 5.69 Å². The van der Waals surface area contributed by atoms with Crippen molar-refractivity contribution < 1.29 is 18.0 Å². The highest BCUT2D eigenvalue weighted by Crippen LogP contribution is 2.17. The van der Waals surface area contributed by atoms with Crippen LogP contribution in [0, 0.1) is 17.5 Å². The Hall–Kier alpha value is -2.18. The molecule has 0 unspecified atom stereocenters. The lowest BCUT2D eigenvalue weighted by Gasteiger charge is -2.02. The van der Waals surface area contributed by atoms with Crippen LogP contribution in [0.1, 0.15) is 10.5 Å². The minimum absolute atomic E-state index is 0.0657. The zero-order valence-electron chi connectivity index (χ0n) is 7.69. The molecule has 0 saturated carbocycles. The number of rotatable bonds is 2. The average Bonchev–Trinajstić information content (AvgIpc) is 2.71. The monoisotopic (exact) mass is 227 g/mol. The van der Waals surface area contributed by atoms with Gasteiger partial charge in [0.25, 0.3) is 0 Å². The summed E-state index contributed by atoms with van der Waals surface area (Å²) in [6, 6.07) is 1.16. The SMILES string of the molecule is O=Cc1cn(-c2cc(F)cc(F)c2F)nn1. The van der Waals surface area contributed by atoms with Crippen LogP contribution in [0.15, 0.2) is 18.3 Å². The van der Waals surface area contributed by atoms with Gasteiger partial charge in [0.1, 0.15) is 17.2 Å². The van der Waals surface area contributed by atoms with E-state index in [1.807, 2.05) is 0 Å². The summed E-state index contributed by atoms with van der Waals surface area (Å²) in [5.74, 6) is -3.54. The van der Waals surface area contributed by atoms with Crippen molar-refractivity contribution in [2.24, 2.45) is 0 Å². The summed E-state index contributed by atoms with van der Waals surface area (Å²) < 4.78 is 39.8. The van der Waals surface area contributed by atoms with E-state index >= 15 is 0 Å². The first kappa shape index (κ1) is 10.3. The van der Waals surface area contributed by atoms with Gasteiger partial charge in [-0.15, -0.1) is 5.10 Å². The molecular formula is C9H4F3N3O. The summed E-state index contributed by atoms with van der Waals surface area (Å²) in [7, 11) is 0. The van der Waals surface area contributed by atoms with Crippen molar-refractivity contribution in [3.8, 4) is 5.69 Å². The summed E-state index contributed by atoms with van der Waals surface area (Å²) in [4.78, 5) is 10.3.